The molecule has 0 spiro atoms. The monoisotopic (exact) mass is 247 g/mol. The fourth-order valence-corrected chi connectivity index (χ4v) is 2.24. The van der Waals surface area contributed by atoms with Gasteiger partial charge in [0, 0.05) is 12.2 Å². The van der Waals surface area contributed by atoms with Crippen molar-refractivity contribution in [1.82, 2.24) is 14.9 Å². The molecule has 0 aliphatic rings. The molecule has 16 heavy (non-hydrogen) atoms. The number of rotatable bonds is 5. The van der Waals surface area contributed by atoms with Gasteiger partial charge in [-0.05, 0) is 6.92 Å². The van der Waals surface area contributed by atoms with Crippen molar-refractivity contribution in [3.8, 4) is 0 Å². The number of aromatic amines is 1. The number of nitrogens with one attached hydrogen (secondary N) is 2. The van der Waals surface area contributed by atoms with Crippen molar-refractivity contribution in [3.63, 3.8) is 0 Å². The highest BCUT2D eigenvalue weighted by Gasteiger charge is 2.25. The highest BCUT2D eigenvalue weighted by Crippen LogP contribution is 2.09. The van der Waals surface area contributed by atoms with E-state index < -0.39 is 28.0 Å². The van der Waals surface area contributed by atoms with Gasteiger partial charge in [-0.15, -0.1) is 0 Å². The smallest absolute Gasteiger partial charge is 0.307 e. The van der Waals surface area contributed by atoms with E-state index in [4.69, 9.17) is 5.11 Å². The third-order valence-corrected chi connectivity index (χ3v) is 3.79. The molecule has 0 amide bonds. The van der Waals surface area contributed by atoms with Crippen molar-refractivity contribution in [2.45, 2.75) is 24.8 Å². The summed E-state index contributed by atoms with van der Waals surface area (Å²) >= 11 is 0. The summed E-state index contributed by atoms with van der Waals surface area (Å²) < 4.78 is 25.6. The van der Waals surface area contributed by atoms with Crippen LogP contribution in [0.1, 0.15) is 13.8 Å². The molecule has 0 aliphatic carbocycles. The summed E-state index contributed by atoms with van der Waals surface area (Å²) in [5.41, 5.74) is 0. The molecule has 8 heteroatoms. The lowest BCUT2D eigenvalue weighted by atomic mass is 10.1. The van der Waals surface area contributed by atoms with Crippen LogP contribution < -0.4 is 4.72 Å². The third-order valence-electron chi connectivity index (χ3n) is 2.26. The Bertz CT molecular complexity index is 454. The number of carbonyl (C=O) groups is 1. The van der Waals surface area contributed by atoms with Gasteiger partial charge in [-0.3, -0.25) is 9.89 Å². The molecule has 0 saturated carbocycles. The maximum atomic E-state index is 11.7. The highest BCUT2D eigenvalue weighted by atomic mass is 32.2. The summed E-state index contributed by atoms with van der Waals surface area (Å²) in [7, 11) is -3.70. The molecule has 0 fully saturated rings. The molecule has 0 radical (unpaired) electrons. The van der Waals surface area contributed by atoms with Crippen LogP contribution in [0.15, 0.2) is 17.3 Å². The van der Waals surface area contributed by atoms with Crippen LogP contribution in [0, 0.1) is 5.92 Å². The zero-order valence-electron chi connectivity index (χ0n) is 8.84. The van der Waals surface area contributed by atoms with Gasteiger partial charge in [0.1, 0.15) is 4.90 Å². The zero-order chi connectivity index (χ0) is 12.3. The molecule has 1 heterocycles. The first-order valence-electron chi connectivity index (χ1n) is 4.58. The fraction of sp³-hybridized carbons (Fsp3) is 0.500. The van der Waals surface area contributed by atoms with Crippen LogP contribution in [0.2, 0.25) is 0 Å². The molecule has 0 aromatic carbocycles. The Balaban J connectivity index is 2.78. The molecule has 90 valence electrons. The molecule has 2 atom stereocenters. The number of carboxylic acid groups (broad SMARTS) is 1. The second kappa shape index (κ2) is 4.62. The van der Waals surface area contributed by atoms with E-state index in [0.717, 1.165) is 6.20 Å². The largest absolute Gasteiger partial charge is 0.481 e. The highest BCUT2D eigenvalue weighted by molar-refractivity contribution is 7.89. The van der Waals surface area contributed by atoms with Gasteiger partial charge in [0.05, 0.1) is 12.1 Å². The standard InChI is InChI=1S/C8H13N3O4S/c1-5(8(12)13)6(2)11-16(14,15)7-3-9-10-4-7/h3-6,11H,1-2H3,(H,9,10)(H,12,13). The number of carboxylic acids is 1. The Hall–Kier alpha value is -1.41. The second-order valence-corrected chi connectivity index (χ2v) is 5.18. The lowest BCUT2D eigenvalue weighted by molar-refractivity contribution is -0.141. The molecule has 0 aliphatic heterocycles. The topological polar surface area (TPSA) is 112 Å². The normalized spacial score (nSPS) is 15.6. The minimum absolute atomic E-state index is 0.0167. The number of aliphatic carboxylic acids is 1. The molecule has 3 N–H and O–H groups in total. The van der Waals surface area contributed by atoms with Gasteiger partial charge in [0.2, 0.25) is 10.0 Å². The minimum Gasteiger partial charge on any atom is -0.481 e. The average Bonchev–Trinajstić information content (AvgIpc) is 2.68. The van der Waals surface area contributed by atoms with Gasteiger partial charge in [-0.2, -0.15) is 5.10 Å². The first-order valence-corrected chi connectivity index (χ1v) is 6.07. The van der Waals surface area contributed by atoms with E-state index in [2.05, 4.69) is 14.9 Å². The van der Waals surface area contributed by atoms with E-state index in [0.29, 0.717) is 0 Å². The average molecular weight is 247 g/mol. The quantitative estimate of drug-likeness (QED) is 0.667. The Morgan fingerprint density at radius 1 is 1.56 bits per heavy atom. The molecule has 1 rings (SSSR count). The molecule has 0 saturated heterocycles. The van der Waals surface area contributed by atoms with Crippen molar-refractivity contribution in [3.05, 3.63) is 12.4 Å². The molecule has 2 unspecified atom stereocenters. The molecular weight excluding hydrogens is 234 g/mol. The Labute approximate surface area is 92.9 Å². The maximum Gasteiger partial charge on any atom is 0.307 e. The van der Waals surface area contributed by atoms with Crippen LogP contribution in [-0.2, 0) is 14.8 Å². The summed E-state index contributed by atoms with van der Waals surface area (Å²) in [5, 5.41) is 14.6. The van der Waals surface area contributed by atoms with E-state index >= 15 is 0 Å². The first kappa shape index (κ1) is 12.7. The van der Waals surface area contributed by atoms with Gasteiger partial charge in [-0.25, -0.2) is 13.1 Å². The van der Waals surface area contributed by atoms with E-state index in [9.17, 15) is 13.2 Å². The van der Waals surface area contributed by atoms with Gasteiger partial charge >= 0.3 is 5.97 Å². The van der Waals surface area contributed by atoms with Gasteiger partial charge < -0.3 is 5.11 Å². The lowest BCUT2D eigenvalue weighted by Crippen LogP contribution is -2.39. The Morgan fingerprint density at radius 2 is 2.19 bits per heavy atom. The van der Waals surface area contributed by atoms with Crippen LogP contribution in [0.4, 0.5) is 0 Å². The SMILES string of the molecule is CC(NS(=O)(=O)c1cn[nH]c1)C(C)C(=O)O. The summed E-state index contributed by atoms with van der Waals surface area (Å²) in [6.45, 7) is 2.93. The van der Waals surface area contributed by atoms with Gasteiger partial charge in [-0.1, -0.05) is 6.92 Å². The molecule has 1 aromatic heterocycles. The molecule has 7 nitrogen and oxygen atoms in total. The number of sulfonamides is 1. The second-order valence-electron chi connectivity index (χ2n) is 3.47. The maximum absolute atomic E-state index is 11.7. The van der Waals surface area contributed by atoms with E-state index in [-0.39, 0.29) is 4.90 Å². The number of hydrogen-bond acceptors (Lipinski definition) is 4. The summed E-state index contributed by atoms with van der Waals surface area (Å²) in [5.74, 6) is -1.86. The molecule has 1 aromatic rings. The Morgan fingerprint density at radius 3 is 2.62 bits per heavy atom. The van der Waals surface area contributed by atoms with Crippen molar-refractivity contribution in [1.29, 1.82) is 0 Å². The first-order chi connectivity index (χ1) is 7.34. The number of aromatic nitrogens is 2. The van der Waals surface area contributed by atoms with Crippen LogP contribution in [0.3, 0.4) is 0 Å². The van der Waals surface area contributed by atoms with Crippen molar-refractivity contribution < 1.29 is 18.3 Å². The zero-order valence-corrected chi connectivity index (χ0v) is 9.65. The van der Waals surface area contributed by atoms with Crippen molar-refractivity contribution >= 4 is 16.0 Å². The van der Waals surface area contributed by atoms with Gasteiger partial charge in [0.25, 0.3) is 0 Å². The van der Waals surface area contributed by atoms with E-state index in [1.165, 1.54) is 20.0 Å². The third kappa shape index (κ3) is 2.80. The number of H-pyrrole nitrogens is 1. The summed E-state index contributed by atoms with van der Waals surface area (Å²) in [6, 6.07) is -0.697. The van der Waals surface area contributed by atoms with Crippen LogP contribution in [0.5, 0.6) is 0 Å². The predicted molar refractivity (Wildman–Crippen MR) is 55.2 cm³/mol. The van der Waals surface area contributed by atoms with Crippen LogP contribution >= 0.6 is 0 Å². The molecule has 0 bridgehead atoms. The van der Waals surface area contributed by atoms with Gasteiger partial charge in [0.15, 0.2) is 0 Å². The minimum atomic E-state index is -3.70. The number of nitrogens with zero attached hydrogens (tertiary/aromatic N) is 1. The fourth-order valence-electron chi connectivity index (χ4n) is 1.01. The van der Waals surface area contributed by atoms with E-state index in [1.54, 1.807) is 0 Å². The Kier molecular flexibility index (Phi) is 3.66. The molecular formula is C8H13N3O4S. The predicted octanol–water partition coefficient (Wildman–Crippen LogP) is -0.203. The lowest BCUT2D eigenvalue weighted by Gasteiger charge is -2.16. The van der Waals surface area contributed by atoms with Crippen molar-refractivity contribution in [2.75, 3.05) is 0 Å². The van der Waals surface area contributed by atoms with Crippen molar-refractivity contribution in [2.24, 2.45) is 5.92 Å². The summed E-state index contributed by atoms with van der Waals surface area (Å²) in [4.78, 5) is 10.6. The van der Waals surface area contributed by atoms with E-state index in [1.807, 2.05) is 0 Å². The summed E-state index contributed by atoms with van der Waals surface area (Å²) in [6.07, 6.45) is 2.38. The van der Waals surface area contributed by atoms with Crippen LogP contribution in [-0.4, -0.2) is 35.7 Å². The van der Waals surface area contributed by atoms with Crippen LogP contribution in [0.25, 0.3) is 0 Å². The number of hydrogen-bond donors (Lipinski definition) is 3.